The summed E-state index contributed by atoms with van der Waals surface area (Å²) in [5, 5.41) is 9.28. The highest BCUT2D eigenvalue weighted by molar-refractivity contribution is 9.11. The largest absolute Gasteiger partial charge is 0.314 e. The third-order valence-corrected chi connectivity index (χ3v) is 7.16. The molecule has 2 aromatic heterocycles. The van der Waals surface area contributed by atoms with Crippen molar-refractivity contribution in [3.63, 3.8) is 0 Å². The maximum Gasteiger partial charge on any atom is 0.143 e. The number of aromatic nitrogens is 3. The molecule has 0 spiro atoms. The minimum Gasteiger partial charge on any atom is -0.314 e. The number of rotatable bonds is 7. The Morgan fingerprint density at radius 3 is 2.54 bits per heavy atom. The number of aryl methyl sites for hydroxylation is 1. The number of benzene rings is 1. The fourth-order valence-corrected chi connectivity index (χ4v) is 4.89. The Hall–Kier alpha value is -1.46. The smallest absolute Gasteiger partial charge is 0.143 e. The van der Waals surface area contributed by atoms with Gasteiger partial charge in [-0.05, 0) is 72.7 Å². The van der Waals surface area contributed by atoms with Gasteiger partial charge in [0.05, 0.1) is 9.20 Å². The minimum atomic E-state index is -0.151. The van der Waals surface area contributed by atoms with Crippen LogP contribution in [0.4, 0.5) is 0 Å². The molecule has 1 fully saturated rings. The van der Waals surface area contributed by atoms with Crippen LogP contribution in [0.15, 0.2) is 46.3 Å². The first-order valence-corrected chi connectivity index (χ1v) is 10.9. The van der Waals surface area contributed by atoms with Crippen molar-refractivity contribution in [2.24, 2.45) is 5.92 Å². The van der Waals surface area contributed by atoms with E-state index in [0.29, 0.717) is 0 Å². The summed E-state index contributed by atoms with van der Waals surface area (Å²) in [6.45, 7) is 5.45. The second-order valence-electron chi connectivity index (χ2n) is 7.70. The first kappa shape index (κ1) is 17.9. The summed E-state index contributed by atoms with van der Waals surface area (Å²) in [6.07, 6.45) is 4.74. The highest BCUT2D eigenvalue weighted by atomic mass is 79.9. The lowest BCUT2D eigenvalue weighted by Crippen LogP contribution is -2.25. The molecule has 0 aliphatic heterocycles. The normalized spacial score (nSPS) is 14.7. The van der Waals surface area contributed by atoms with Crippen LogP contribution in [0.5, 0.6) is 0 Å². The fourth-order valence-electron chi connectivity index (χ4n) is 3.41. The maximum atomic E-state index is 4.67. The number of hydrogen-bond acceptors (Lipinski definition) is 3. The molecular weight excluding hydrogens is 406 g/mol. The van der Waals surface area contributed by atoms with Gasteiger partial charge in [0.15, 0.2) is 0 Å². The van der Waals surface area contributed by atoms with E-state index in [2.05, 4.69) is 87.0 Å². The Kier molecular flexibility index (Phi) is 5.02. The van der Waals surface area contributed by atoms with Gasteiger partial charge in [0.2, 0.25) is 0 Å². The van der Waals surface area contributed by atoms with Crippen molar-refractivity contribution in [1.29, 1.82) is 0 Å². The lowest BCUT2D eigenvalue weighted by molar-refractivity contribution is 0.522. The van der Waals surface area contributed by atoms with E-state index < -0.39 is 0 Å². The van der Waals surface area contributed by atoms with E-state index in [1.807, 2.05) is 0 Å². The van der Waals surface area contributed by atoms with Gasteiger partial charge in [0.1, 0.15) is 11.6 Å². The zero-order valence-electron chi connectivity index (χ0n) is 15.3. The van der Waals surface area contributed by atoms with Crippen LogP contribution >= 0.6 is 27.3 Å². The molecule has 0 bridgehead atoms. The molecule has 0 radical (unpaired) electrons. The number of thiophene rings is 1. The average molecular weight is 430 g/mol. The van der Waals surface area contributed by atoms with Crippen molar-refractivity contribution in [3.05, 3.63) is 68.3 Å². The predicted octanol–water partition coefficient (Wildman–Crippen LogP) is 5.62. The molecule has 4 rings (SSSR count). The second kappa shape index (κ2) is 7.28. The molecule has 0 atom stereocenters. The van der Waals surface area contributed by atoms with Crippen molar-refractivity contribution in [2.45, 2.75) is 51.5 Å². The molecule has 0 N–H and O–H groups in total. The molecule has 1 aliphatic rings. The van der Waals surface area contributed by atoms with Crippen LogP contribution in [0.25, 0.3) is 0 Å². The molecular formula is C21H24BrN3S. The van der Waals surface area contributed by atoms with Crippen molar-refractivity contribution in [2.75, 3.05) is 0 Å². The van der Waals surface area contributed by atoms with E-state index >= 15 is 0 Å². The molecule has 2 heterocycles. The zero-order chi connectivity index (χ0) is 18.1. The highest BCUT2D eigenvalue weighted by Crippen LogP contribution is 2.38. The van der Waals surface area contributed by atoms with Gasteiger partial charge in [-0.25, -0.2) is 0 Å². The predicted molar refractivity (Wildman–Crippen MR) is 111 cm³/mol. The molecule has 5 heteroatoms. The molecule has 1 aromatic carbocycles. The van der Waals surface area contributed by atoms with Gasteiger partial charge in [0.25, 0.3) is 0 Å². The summed E-state index contributed by atoms with van der Waals surface area (Å²) in [5.41, 5.74) is 1.21. The minimum absolute atomic E-state index is 0.151. The van der Waals surface area contributed by atoms with Crippen LogP contribution in [-0.4, -0.2) is 14.8 Å². The Morgan fingerprint density at radius 1 is 1.12 bits per heavy atom. The monoisotopic (exact) mass is 429 g/mol. The van der Waals surface area contributed by atoms with Crippen LogP contribution in [0.2, 0.25) is 0 Å². The Labute approximate surface area is 167 Å². The Bertz CT molecular complexity index is 878. The van der Waals surface area contributed by atoms with Gasteiger partial charge in [0, 0.05) is 17.8 Å². The van der Waals surface area contributed by atoms with E-state index in [4.69, 9.17) is 0 Å². The van der Waals surface area contributed by atoms with Gasteiger partial charge in [-0.2, -0.15) is 0 Å². The Balaban J connectivity index is 1.66. The fraction of sp³-hybridized carbons (Fsp3) is 0.429. The van der Waals surface area contributed by atoms with Crippen LogP contribution < -0.4 is 0 Å². The summed E-state index contributed by atoms with van der Waals surface area (Å²) < 4.78 is 3.55. The van der Waals surface area contributed by atoms with Crippen LogP contribution in [0.3, 0.4) is 0 Å². The van der Waals surface area contributed by atoms with Crippen molar-refractivity contribution in [3.8, 4) is 0 Å². The number of hydrogen-bond donors (Lipinski definition) is 0. The first-order chi connectivity index (χ1) is 12.5. The average Bonchev–Trinajstić information content (AvgIpc) is 3.17. The molecule has 136 valence electrons. The molecule has 3 nitrogen and oxygen atoms in total. The number of nitrogens with zero attached hydrogens (tertiary/aromatic N) is 3. The quantitative estimate of drug-likeness (QED) is 0.487. The highest BCUT2D eigenvalue weighted by Gasteiger charge is 2.33. The topological polar surface area (TPSA) is 30.7 Å². The van der Waals surface area contributed by atoms with Gasteiger partial charge >= 0.3 is 0 Å². The standard InChI is InChI=1S/C21H24BrN3S/c1-21(2,17-10-11-18(22)26-17)20-24-23-19(14-16-8-9-16)25(20)13-12-15-6-4-3-5-7-15/h3-7,10-11,16H,8-9,12-14H2,1-2H3. The summed E-state index contributed by atoms with van der Waals surface area (Å²) in [7, 11) is 0. The lowest BCUT2D eigenvalue weighted by atomic mass is 9.90. The SMILES string of the molecule is CC(C)(c1ccc(Br)s1)c1nnc(CC2CC2)n1CCc1ccccc1. The van der Waals surface area contributed by atoms with E-state index in [1.54, 1.807) is 11.3 Å². The zero-order valence-corrected chi connectivity index (χ0v) is 17.7. The van der Waals surface area contributed by atoms with E-state index in [0.717, 1.165) is 40.7 Å². The molecule has 1 aliphatic carbocycles. The van der Waals surface area contributed by atoms with E-state index in [-0.39, 0.29) is 5.41 Å². The lowest BCUT2D eigenvalue weighted by Gasteiger charge is -2.24. The van der Waals surface area contributed by atoms with Crippen molar-refractivity contribution in [1.82, 2.24) is 14.8 Å². The van der Waals surface area contributed by atoms with E-state index in [1.165, 1.54) is 23.3 Å². The molecule has 1 saturated carbocycles. The van der Waals surface area contributed by atoms with Gasteiger partial charge in [-0.15, -0.1) is 21.5 Å². The summed E-state index contributed by atoms with van der Waals surface area (Å²) in [6, 6.07) is 15.0. The first-order valence-electron chi connectivity index (χ1n) is 9.26. The van der Waals surface area contributed by atoms with E-state index in [9.17, 15) is 0 Å². The third-order valence-electron chi connectivity index (χ3n) is 5.21. The van der Waals surface area contributed by atoms with Gasteiger partial charge in [-0.3, -0.25) is 0 Å². The molecule has 0 amide bonds. The van der Waals surface area contributed by atoms with Gasteiger partial charge in [-0.1, -0.05) is 30.3 Å². The van der Waals surface area contributed by atoms with Crippen LogP contribution in [-0.2, 0) is 24.8 Å². The van der Waals surface area contributed by atoms with Crippen LogP contribution in [0, 0.1) is 5.92 Å². The summed E-state index contributed by atoms with van der Waals surface area (Å²) in [4.78, 5) is 1.32. The summed E-state index contributed by atoms with van der Waals surface area (Å²) in [5.74, 6) is 3.04. The molecule has 0 unspecified atom stereocenters. The number of halogens is 1. The van der Waals surface area contributed by atoms with Crippen molar-refractivity contribution >= 4 is 27.3 Å². The Morgan fingerprint density at radius 2 is 1.88 bits per heavy atom. The maximum absolute atomic E-state index is 4.67. The van der Waals surface area contributed by atoms with Gasteiger partial charge < -0.3 is 4.57 Å². The van der Waals surface area contributed by atoms with Crippen LogP contribution in [0.1, 0.15) is 48.8 Å². The third kappa shape index (κ3) is 3.79. The molecule has 3 aromatic rings. The molecule has 26 heavy (non-hydrogen) atoms. The van der Waals surface area contributed by atoms with Crippen molar-refractivity contribution < 1.29 is 0 Å². The second-order valence-corrected chi connectivity index (χ2v) is 10.2. The molecule has 0 saturated heterocycles. The summed E-state index contributed by atoms with van der Waals surface area (Å²) >= 11 is 5.38.